The zero-order valence-corrected chi connectivity index (χ0v) is 36.0. The van der Waals surface area contributed by atoms with Gasteiger partial charge in [0.25, 0.3) is 0 Å². The second kappa shape index (κ2) is 34.3. The van der Waals surface area contributed by atoms with E-state index in [1.165, 1.54) is 51.4 Å². The molecule has 0 aromatic rings. The summed E-state index contributed by atoms with van der Waals surface area (Å²) < 4.78 is 47.5. The molecule has 4 unspecified atom stereocenters. The maximum atomic E-state index is 12.5. The van der Waals surface area contributed by atoms with Crippen molar-refractivity contribution in [3.05, 3.63) is 0 Å². The van der Waals surface area contributed by atoms with Gasteiger partial charge in [-0.3, -0.25) is 28.5 Å². The van der Waals surface area contributed by atoms with Crippen LogP contribution in [-0.4, -0.2) is 115 Å². The minimum Gasteiger partial charge on any atom is -0.457 e. The van der Waals surface area contributed by atoms with Crippen molar-refractivity contribution >= 4 is 27.5 Å². The first-order valence-electron chi connectivity index (χ1n) is 19.8. The lowest BCUT2D eigenvalue weighted by Gasteiger charge is -2.43. The highest BCUT2D eigenvalue weighted by molar-refractivity contribution is 7.47. The summed E-state index contributed by atoms with van der Waals surface area (Å²) in [5.74, 6) is 18.3. The zero-order chi connectivity index (χ0) is 45.2. The Morgan fingerprint density at radius 1 is 0.667 bits per heavy atom. The molecule has 1 rings (SSSR count). The fourth-order valence-corrected chi connectivity index (χ4v) is 6.94. The lowest BCUT2D eigenvalue weighted by Crippen LogP contribution is -2.64. The van der Waals surface area contributed by atoms with Crippen LogP contribution >= 0.6 is 15.6 Å². The molecule has 1 aliphatic carbocycles. The number of terminal acetylenes is 1. The molecule has 0 bridgehead atoms. The van der Waals surface area contributed by atoms with Crippen molar-refractivity contribution < 1.29 is 94.8 Å². The molecule has 0 saturated heterocycles. The quantitative estimate of drug-likeness (QED) is 0.0137. The monoisotopic (exact) mass is 907 g/mol. The molecule has 1 fully saturated rings. The van der Waals surface area contributed by atoms with Crippen molar-refractivity contribution in [2.75, 3.05) is 20.0 Å². The summed E-state index contributed by atoms with van der Waals surface area (Å²) in [7, 11) is -10.5. The topological polar surface area (TPSA) is 288 Å². The number of aliphatic hydroxyl groups is 5. The van der Waals surface area contributed by atoms with Gasteiger partial charge in [0.2, 0.25) is 5.91 Å². The van der Waals surface area contributed by atoms with E-state index in [4.69, 9.17) is 39.8 Å². The van der Waals surface area contributed by atoms with Gasteiger partial charge in [-0.1, -0.05) is 90.9 Å². The van der Waals surface area contributed by atoms with Gasteiger partial charge in [-0.25, -0.2) is 9.13 Å². The van der Waals surface area contributed by atoms with E-state index in [9.17, 15) is 44.0 Å². The maximum Gasteiger partial charge on any atom is 0.472 e. The molecule has 0 spiro atoms. The molecule has 1 aliphatic rings. The van der Waals surface area contributed by atoms with Crippen LogP contribution in [0.2, 0.25) is 0 Å². The number of esters is 1. The van der Waals surface area contributed by atoms with Crippen LogP contribution in [0.15, 0.2) is 0 Å². The summed E-state index contributed by atoms with van der Waals surface area (Å²) in [4.78, 5) is 51.4. The van der Waals surface area contributed by atoms with E-state index in [0.29, 0.717) is 12.8 Å². The normalized spacial score (nSPS) is 20.8. The molecule has 356 valence electrons. The number of aliphatic hydroxyl groups excluding tert-OH is 5. The van der Waals surface area contributed by atoms with Gasteiger partial charge in [0.15, 0.2) is 0 Å². The highest BCUT2D eigenvalue weighted by atomic mass is 31.2. The molecule has 0 aromatic heterocycles. The smallest absolute Gasteiger partial charge is 0.457 e. The Morgan fingerprint density at radius 3 is 1.67 bits per heavy atom. The fraction of sp³-hybridized carbons (Fsp3) is 0.700. The Balaban J connectivity index is -0.000000151. The Kier molecular flexibility index (Phi) is 32.4. The second-order valence-corrected chi connectivity index (χ2v) is 16.0. The molecule has 20 heteroatoms. The van der Waals surface area contributed by atoms with Crippen LogP contribution in [-0.2, 0) is 41.8 Å². The first kappa shape index (κ1) is 56.7. The summed E-state index contributed by atoms with van der Waals surface area (Å²) in [5.41, 5.74) is 0. The summed E-state index contributed by atoms with van der Waals surface area (Å²) in [6.07, 6.45) is 6.37. The van der Waals surface area contributed by atoms with Gasteiger partial charge in [-0.15, -0.1) is 6.42 Å². The molecule has 18 nitrogen and oxygen atoms in total. The Hall–Kier alpha value is -3.28. The molecule has 0 aromatic carbocycles. The predicted molar refractivity (Wildman–Crippen MR) is 237 cm³/mol. The van der Waals surface area contributed by atoms with Crippen LogP contribution < -0.4 is 5.32 Å². The summed E-state index contributed by atoms with van der Waals surface area (Å²) in [6, 6.07) is 2.41. The van der Waals surface area contributed by atoms with Crippen molar-refractivity contribution in [1.82, 2.24) is 5.32 Å². The van der Waals surface area contributed by atoms with Crippen LogP contribution in [0, 0.1) is 59.8 Å². The van der Waals surface area contributed by atoms with E-state index in [1.807, 2.05) is 6.92 Å². The minimum absolute atomic E-state index is 0. The number of amides is 1. The van der Waals surface area contributed by atoms with Gasteiger partial charge in [-0.05, 0) is 36.5 Å². The third-order valence-corrected chi connectivity index (χ3v) is 9.85. The van der Waals surface area contributed by atoms with E-state index < -0.39 is 84.3 Å². The van der Waals surface area contributed by atoms with Crippen molar-refractivity contribution in [3.8, 4) is 59.8 Å². The van der Waals surface area contributed by atoms with Gasteiger partial charge in [0.1, 0.15) is 49.5 Å². The number of phosphoric ester groups is 2. The molecule has 60 heavy (non-hydrogen) atoms. The first-order chi connectivity index (χ1) is 28.5. The van der Waals surface area contributed by atoms with Crippen molar-refractivity contribution in [2.24, 2.45) is 0 Å². The molecule has 1 amide bonds. The average molecular weight is 908 g/mol. The molecule has 0 heterocycles. The van der Waals surface area contributed by atoms with Crippen molar-refractivity contribution in [2.45, 2.75) is 159 Å². The van der Waals surface area contributed by atoms with E-state index in [0.717, 1.165) is 32.1 Å². The Morgan fingerprint density at radius 2 is 1.17 bits per heavy atom. The standard InChI is InChI=1S/C26H52O16P2.C14H9NO.9H2/c1-2-3-4-5-6-7-8-9-10-11-12-13-14-15-20(28)40-19(16-38-18-27)17-39-44(36,37)42-26-23(31)21(29)22(30)25(24(26)32)41-43(33,34)35;1-3-5-6-7-8-9-10-11-13-15-14(16)12-4-2;;;;;;;;;/h19,21-27,29-32H,2-18H2,1H3,(H,36,37)(H2,33,34,35);1H,4,12H2,2H3,(H,15,16);9*1H/t19-,21?,22-,23+,24?,25-,26?;;;;;;;;;;/m1........../s1. The number of phosphoric acid groups is 2. The second-order valence-electron chi connectivity index (χ2n) is 13.4. The SMILES string of the molecule is C#CC#CC#CC#CC#CNC(=O)CCC.CCCCCCCCCCCCCCCC(=O)O[C@H](COCO)COP(=O)(O)OC1C(O)[C@H](OP(=O)(O)O)[C@H](O)C(O)[C@@H]1O.[HH].[HH].[HH].[HH].[HH].[HH].[HH].[HH].[HH]. The van der Waals surface area contributed by atoms with Crippen molar-refractivity contribution in [1.29, 1.82) is 0 Å². The number of nitrogens with one attached hydrogen (secondary N) is 1. The minimum atomic E-state index is -5.32. The number of carbonyl (C=O) groups is 2. The lowest BCUT2D eigenvalue weighted by atomic mass is 9.85. The van der Waals surface area contributed by atoms with E-state index in [-0.39, 0.29) is 25.2 Å². The third kappa shape index (κ3) is 29.1. The van der Waals surface area contributed by atoms with Gasteiger partial charge >= 0.3 is 21.6 Å². The van der Waals surface area contributed by atoms with Gasteiger partial charge in [0, 0.05) is 55.4 Å². The molecule has 1 saturated carbocycles. The number of rotatable bonds is 27. The Labute approximate surface area is 366 Å². The summed E-state index contributed by atoms with van der Waals surface area (Å²) >= 11 is 0. The average Bonchev–Trinajstić information content (AvgIpc) is 3.19. The number of unbranched alkanes of at least 4 members (excludes halogenated alkanes) is 12. The molecule has 8 atom stereocenters. The molecule has 0 aliphatic heterocycles. The molecular weight excluding hydrogens is 828 g/mol. The molecule has 0 radical (unpaired) electrons. The highest BCUT2D eigenvalue weighted by Crippen LogP contribution is 2.49. The highest BCUT2D eigenvalue weighted by Gasteiger charge is 2.54. The Bertz CT molecular complexity index is 1670. The van der Waals surface area contributed by atoms with Gasteiger partial charge in [-0.2, -0.15) is 0 Å². The van der Waals surface area contributed by atoms with Crippen LogP contribution in [0.3, 0.4) is 0 Å². The van der Waals surface area contributed by atoms with Gasteiger partial charge < -0.3 is 49.7 Å². The summed E-state index contributed by atoms with van der Waals surface area (Å²) in [6.45, 7) is 2.17. The lowest BCUT2D eigenvalue weighted by molar-refractivity contribution is -0.216. The van der Waals surface area contributed by atoms with Gasteiger partial charge in [0.05, 0.1) is 13.2 Å². The third-order valence-electron chi connectivity index (χ3n) is 8.35. The van der Waals surface area contributed by atoms with Crippen LogP contribution in [0.1, 0.15) is 129 Å². The largest absolute Gasteiger partial charge is 0.472 e. The first-order valence-corrected chi connectivity index (χ1v) is 22.8. The van der Waals surface area contributed by atoms with E-state index in [2.05, 4.69) is 70.2 Å². The van der Waals surface area contributed by atoms with Crippen LogP contribution in [0.25, 0.3) is 0 Å². The van der Waals surface area contributed by atoms with Crippen LogP contribution in [0.4, 0.5) is 0 Å². The molecule has 9 N–H and O–H groups in total. The van der Waals surface area contributed by atoms with Crippen molar-refractivity contribution in [3.63, 3.8) is 0 Å². The number of hydrogen-bond acceptors (Lipinski definition) is 14. The number of carbonyl (C=O) groups excluding carboxylic acids is 2. The maximum absolute atomic E-state index is 12.5. The summed E-state index contributed by atoms with van der Waals surface area (Å²) in [5, 5.41) is 51.7. The van der Waals surface area contributed by atoms with E-state index >= 15 is 0 Å². The molecular formula is C40H79NO17P2. The number of hydrogen-bond donors (Lipinski definition) is 9. The zero-order valence-electron chi connectivity index (χ0n) is 34.2. The van der Waals surface area contributed by atoms with E-state index in [1.54, 1.807) is 0 Å². The fourth-order valence-electron chi connectivity index (χ4n) is 5.40. The number of ether oxygens (including phenoxy) is 2. The predicted octanol–water partition coefficient (Wildman–Crippen LogP) is 4.50. The van der Waals surface area contributed by atoms with Crippen LogP contribution in [0.5, 0.6) is 0 Å².